The Labute approximate surface area is 127 Å². The second-order valence-electron chi connectivity index (χ2n) is 5.89. The van der Waals surface area contributed by atoms with Crippen molar-refractivity contribution in [1.82, 2.24) is 0 Å². The van der Waals surface area contributed by atoms with Crippen LogP contribution in [0.3, 0.4) is 0 Å². The number of methoxy groups -OCH3 is 1. The highest BCUT2D eigenvalue weighted by atomic mass is 16.8. The Morgan fingerprint density at radius 3 is 2.71 bits per heavy atom. The van der Waals surface area contributed by atoms with E-state index in [1.807, 2.05) is 26.0 Å². The van der Waals surface area contributed by atoms with Crippen molar-refractivity contribution >= 4 is 5.97 Å². The first kappa shape index (κ1) is 18.1. The molecular weight excluding hydrogens is 272 g/mol. The number of aliphatic hydroxyl groups excluding tert-OH is 1. The van der Waals surface area contributed by atoms with E-state index in [1.165, 1.54) is 7.11 Å². The minimum absolute atomic E-state index is 0.0882. The van der Waals surface area contributed by atoms with E-state index in [1.54, 1.807) is 0 Å². The third kappa shape index (κ3) is 6.16. The van der Waals surface area contributed by atoms with E-state index in [0.717, 1.165) is 19.3 Å². The molecule has 1 heterocycles. The molecule has 0 saturated carbocycles. The zero-order chi connectivity index (χ0) is 15.9. The van der Waals surface area contributed by atoms with Crippen LogP contribution >= 0.6 is 0 Å². The Bertz CT molecular complexity index is 351. The van der Waals surface area contributed by atoms with E-state index in [9.17, 15) is 9.90 Å². The molecule has 1 N–H and O–H groups in total. The topological polar surface area (TPSA) is 65.0 Å². The van der Waals surface area contributed by atoms with Gasteiger partial charge in [-0.3, -0.25) is 4.79 Å². The minimum atomic E-state index is -0.691. The number of aliphatic hydroxyl groups is 1. The molecule has 1 saturated heterocycles. The predicted molar refractivity (Wildman–Crippen MR) is 79.7 cm³/mol. The summed E-state index contributed by atoms with van der Waals surface area (Å²) in [5.41, 5.74) is 0. The van der Waals surface area contributed by atoms with Crippen molar-refractivity contribution in [2.24, 2.45) is 5.92 Å². The monoisotopic (exact) mass is 300 g/mol. The fraction of sp³-hybridized carbons (Fsp3) is 0.812. The minimum Gasteiger partial charge on any atom is -0.469 e. The molecule has 0 aromatic carbocycles. The maximum Gasteiger partial charge on any atom is 0.306 e. The Kier molecular flexibility index (Phi) is 7.35. The van der Waals surface area contributed by atoms with E-state index in [0.29, 0.717) is 6.42 Å². The number of esters is 1. The molecule has 0 aliphatic carbocycles. The second kappa shape index (κ2) is 8.51. The number of rotatable bonds is 8. The molecule has 0 bridgehead atoms. The van der Waals surface area contributed by atoms with Crippen LogP contribution in [0, 0.1) is 5.92 Å². The lowest BCUT2D eigenvalue weighted by Gasteiger charge is -2.16. The number of ether oxygens (including phenoxy) is 3. The zero-order valence-electron chi connectivity index (χ0n) is 13.5. The van der Waals surface area contributed by atoms with E-state index in [-0.39, 0.29) is 30.7 Å². The standard InChI is InChI=1S/C16H28O5/c1-5-6-7-12(10-15(18)19-4)8-9-13-14(11-17)21-16(2,3)20-13/h8-9,12-14,17H,5-7,10-11H2,1-4H3/t12-,13+,14?/m1/s1. The lowest BCUT2D eigenvalue weighted by Crippen LogP contribution is -2.25. The van der Waals surface area contributed by atoms with Gasteiger partial charge in [0.1, 0.15) is 12.2 Å². The summed E-state index contributed by atoms with van der Waals surface area (Å²) in [4.78, 5) is 11.5. The molecule has 0 aromatic rings. The van der Waals surface area contributed by atoms with Crippen LogP contribution in [0.2, 0.25) is 0 Å². The average Bonchev–Trinajstić information content (AvgIpc) is 2.75. The summed E-state index contributed by atoms with van der Waals surface area (Å²) in [6.45, 7) is 5.69. The summed E-state index contributed by atoms with van der Waals surface area (Å²) in [7, 11) is 1.40. The van der Waals surface area contributed by atoms with Crippen LogP contribution < -0.4 is 0 Å². The lowest BCUT2D eigenvalue weighted by molar-refractivity contribution is -0.146. The van der Waals surface area contributed by atoms with Crippen LogP contribution in [0.15, 0.2) is 12.2 Å². The normalized spacial score (nSPS) is 26.1. The Hall–Kier alpha value is -0.910. The van der Waals surface area contributed by atoms with E-state index < -0.39 is 5.79 Å². The molecule has 0 radical (unpaired) electrons. The maximum atomic E-state index is 11.5. The Morgan fingerprint density at radius 1 is 1.43 bits per heavy atom. The van der Waals surface area contributed by atoms with Gasteiger partial charge in [0, 0.05) is 0 Å². The highest BCUT2D eigenvalue weighted by molar-refractivity contribution is 5.69. The number of carbonyl (C=O) groups is 1. The molecule has 1 aliphatic rings. The smallest absolute Gasteiger partial charge is 0.306 e. The van der Waals surface area contributed by atoms with E-state index in [4.69, 9.17) is 14.2 Å². The number of hydrogen-bond acceptors (Lipinski definition) is 5. The molecule has 21 heavy (non-hydrogen) atoms. The Morgan fingerprint density at radius 2 is 2.14 bits per heavy atom. The second-order valence-corrected chi connectivity index (χ2v) is 5.89. The molecule has 122 valence electrons. The van der Waals surface area contributed by atoms with Gasteiger partial charge in [-0.15, -0.1) is 0 Å². The molecule has 5 nitrogen and oxygen atoms in total. The van der Waals surface area contributed by atoms with Crippen LogP contribution in [0.4, 0.5) is 0 Å². The molecule has 3 atom stereocenters. The molecular formula is C16H28O5. The van der Waals surface area contributed by atoms with Crippen LogP contribution in [0.25, 0.3) is 0 Å². The molecule has 1 fully saturated rings. The van der Waals surface area contributed by atoms with Crippen molar-refractivity contribution in [3.63, 3.8) is 0 Å². The van der Waals surface area contributed by atoms with Gasteiger partial charge in [0.15, 0.2) is 5.79 Å². The van der Waals surface area contributed by atoms with Crippen molar-refractivity contribution < 1.29 is 24.1 Å². The van der Waals surface area contributed by atoms with Crippen molar-refractivity contribution in [2.75, 3.05) is 13.7 Å². The molecule has 0 spiro atoms. The lowest BCUT2D eigenvalue weighted by atomic mass is 9.97. The summed E-state index contributed by atoms with van der Waals surface area (Å²) in [5.74, 6) is -0.767. The van der Waals surface area contributed by atoms with Crippen molar-refractivity contribution in [3.8, 4) is 0 Å². The van der Waals surface area contributed by atoms with Crippen molar-refractivity contribution in [3.05, 3.63) is 12.2 Å². The number of allylic oxidation sites excluding steroid dienone is 1. The van der Waals surface area contributed by atoms with Gasteiger partial charge >= 0.3 is 5.97 Å². The van der Waals surface area contributed by atoms with Gasteiger partial charge in [-0.05, 0) is 26.2 Å². The third-order valence-corrected chi connectivity index (χ3v) is 3.56. The number of hydrogen-bond donors (Lipinski definition) is 1. The van der Waals surface area contributed by atoms with Crippen molar-refractivity contribution in [1.29, 1.82) is 0 Å². The number of unbranched alkanes of at least 4 members (excludes halogenated alkanes) is 1. The van der Waals surface area contributed by atoms with Gasteiger partial charge in [0.25, 0.3) is 0 Å². The zero-order valence-corrected chi connectivity index (χ0v) is 13.5. The van der Waals surface area contributed by atoms with Gasteiger partial charge < -0.3 is 19.3 Å². The molecule has 1 unspecified atom stereocenters. The molecule has 5 heteroatoms. The fourth-order valence-electron chi connectivity index (χ4n) is 2.46. The van der Waals surface area contributed by atoms with E-state index in [2.05, 4.69) is 6.92 Å². The number of carbonyl (C=O) groups excluding carboxylic acids is 1. The third-order valence-electron chi connectivity index (χ3n) is 3.56. The summed E-state index contributed by atoms with van der Waals surface area (Å²) in [5, 5.41) is 9.35. The highest BCUT2D eigenvalue weighted by Crippen LogP contribution is 2.29. The summed E-state index contributed by atoms with van der Waals surface area (Å²) >= 11 is 0. The van der Waals surface area contributed by atoms with Crippen LogP contribution in [-0.2, 0) is 19.0 Å². The van der Waals surface area contributed by atoms with Gasteiger partial charge in [-0.1, -0.05) is 31.9 Å². The first-order valence-corrected chi connectivity index (χ1v) is 7.63. The van der Waals surface area contributed by atoms with E-state index >= 15 is 0 Å². The maximum absolute atomic E-state index is 11.5. The molecule has 1 rings (SSSR count). The van der Waals surface area contributed by atoms with Crippen LogP contribution in [-0.4, -0.2) is 42.8 Å². The summed E-state index contributed by atoms with van der Waals surface area (Å²) in [6, 6.07) is 0. The summed E-state index contributed by atoms with van der Waals surface area (Å²) < 4.78 is 16.1. The Balaban J connectivity index is 2.65. The predicted octanol–water partition coefficient (Wildman–Crippen LogP) is 2.42. The first-order valence-electron chi connectivity index (χ1n) is 7.63. The van der Waals surface area contributed by atoms with Gasteiger partial charge in [0.05, 0.1) is 20.1 Å². The summed E-state index contributed by atoms with van der Waals surface area (Å²) in [6.07, 6.45) is 6.69. The average molecular weight is 300 g/mol. The van der Waals surface area contributed by atoms with Crippen LogP contribution in [0.1, 0.15) is 46.5 Å². The largest absolute Gasteiger partial charge is 0.469 e. The highest BCUT2D eigenvalue weighted by Gasteiger charge is 2.39. The molecule has 0 amide bonds. The van der Waals surface area contributed by atoms with Gasteiger partial charge in [0.2, 0.25) is 0 Å². The quantitative estimate of drug-likeness (QED) is 0.551. The fourth-order valence-corrected chi connectivity index (χ4v) is 2.46. The SMILES string of the molecule is CCCC[C@H](C=C[C@@H]1OC(C)(C)OC1CO)CC(=O)OC. The van der Waals surface area contributed by atoms with Gasteiger partial charge in [-0.25, -0.2) is 0 Å². The molecule has 0 aromatic heterocycles. The van der Waals surface area contributed by atoms with Gasteiger partial charge in [-0.2, -0.15) is 0 Å². The first-order chi connectivity index (χ1) is 9.91. The van der Waals surface area contributed by atoms with Crippen LogP contribution in [0.5, 0.6) is 0 Å². The van der Waals surface area contributed by atoms with Crippen molar-refractivity contribution in [2.45, 2.75) is 64.4 Å². The molecule has 1 aliphatic heterocycles.